The largest absolute Gasteiger partial charge is 0.348 e. The van der Waals surface area contributed by atoms with E-state index in [1.54, 1.807) is 41.2 Å². The molecule has 2 atom stereocenters. The lowest BCUT2D eigenvalue weighted by Gasteiger charge is -2.33. The zero-order valence-corrected chi connectivity index (χ0v) is 25.7. The molecular formula is C31H31BrClN7O3. The van der Waals surface area contributed by atoms with Gasteiger partial charge in [-0.2, -0.15) is 0 Å². The molecule has 0 radical (unpaired) electrons. The lowest BCUT2D eigenvalue weighted by atomic mass is 10.0. The lowest BCUT2D eigenvalue weighted by molar-refractivity contribution is -0.123. The number of piperidine rings is 2. The van der Waals surface area contributed by atoms with Crippen LogP contribution in [-0.2, 0) is 11.3 Å². The number of hydrogen-bond donors (Lipinski definition) is 1. The first kappa shape index (κ1) is 29.3. The van der Waals surface area contributed by atoms with Crippen LogP contribution in [0.15, 0.2) is 82.3 Å². The average molecular weight is 665 g/mol. The molecule has 2 aromatic carbocycles. The second kappa shape index (κ2) is 12.8. The van der Waals surface area contributed by atoms with Crippen LogP contribution in [0.5, 0.6) is 0 Å². The molecule has 222 valence electrons. The van der Waals surface area contributed by atoms with Gasteiger partial charge in [0.2, 0.25) is 0 Å². The maximum Gasteiger partial charge on any atom is 0.255 e. The third kappa shape index (κ3) is 6.74. The van der Waals surface area contributed by atoms with E-state index in [4.69, 9.17) is 11.6 Å². The molecule has 2 aliphatic rings. The van der Waals surface area contributed by atoms with E-state index in [9.17, 15) is 14.4 Å². The number of amides is 2. The summed E-state index contributed by atoms with van der Waals surface area (Å²) in [6.07, 6.45) is 6.79. The molecule has 10 nitrogen and oxygen atoms in total. The van der Waals surface area contributed by atoms with Gasteiger partial charge in [0.15, 0.2) is 0 Å². The standard InChI is InChI=1S/C31H31BrClN7O3/c32-22-9-11-26(12-10-22)38-15-3-7-28(31(38)43)40-20-25(35-36-40)19-37-14-2-5-24(18-37)34-30(42)21-8-13-29(41)39(17-21)27-6-1-4-23(33)16-27/h1,4,6,8-13,16-17,20,24,28H,2-3,5,7,14-15,18-19H2,(H,34,42). The number of likely N-dealkylation sites (tertiary alicyclic amines) is 1. The highest BCUT2D eigenvalue weighted by Crippen LogP contribution is 2.28. The van der Waals surface area contributed by atoms with Gasteiger partial charge in [0.25, 0.3) is 17.4 Å². The number of carbonyl (C=O) groups excluding carboxylic acids is 2. The fraction of sp³-hybridized carbons (Fsp3) is 0.323. The molecule has 0 bridgehead atoms. The van der Waals surface area contributed by atoms with Crippen LogP contribution in [0, 0.1) is 0 Å². The van der Waals surface area contributed by atoms with E-state index in [2.05, 4.69) is 36.5 Å². The summed E-state index contributed by atoms with van der Waals surface area (Å²) < 4.78 is 4.09. The topological polar surface area (TPSA) is 105 Å². The number of rotatable bonds is 7. The van der Waals surface area contributed by atoms with E-state index in [0.717, 1.165) is 48.1 Å². The highest BCUT2D eigenvalue weighted by atomic mass is 79.9. The number of anilines is 1. The molecule has 2 amide bonds. The van der Waals surface area contributed by atoms with Gasteiger partial charge in [-0.25, -0.2) is 4.68 Å². The van der Waals surface area contributed by atoms with Gasteiger partial charge >= 0.3 is 0 Å². The molecular weight excluding hydrogens is 634 g/mol. The zero-order chi connectivity index (χ0) is 29.9. The van der Waals surface area contributed by atoms with Crippen molar-refractivity contribution in [3.05, 3.63) is 104 Å². The second-order valence-corrected chi connectivity index (χ2v) is 12.3. The molecule has 2 unspecified atom stereocenters. The third-order valence-electron chi connectivity index (χ3n) is 7.91. The van der Waals surface area contributed by atoms with E-state index >= 15 is 0 Å². The Kier molecular flexibility index (Phi) is 8.73. The monoisotopic (exact) mass is 663 g/mol. The van der Waals surface area contributed by atoms with Crippen molar-refractivity contribution in [1.82, 2.24) is 29.8 Å². The molecule has 12 heteroatoms. The van der Waals surface area contributed by atoms with E-state index in [0.29, 0.717) is 35.9 Å². The smallest absolute Gasteiger partial charge is 0.255 e. The first-order valence-corrected chi connectivity index (χ1v) is 15.5. The molecule has 4 aromatic rings. The molecule has 43 heavy (non-hydrogen) atoms. The summed E-state index contributed by atoms with van der Waals surface area (Å²) >= 11 is 9.56. The summed E-state index contributed by atoms with van der Waals surface area (Å²) in [5, 5.41) is 12.4. The van der Waals surface area contributed by atoms with Gasteiger partial charge in [0.1, 0.15) is 6.04 Å². The maximum atomic E-state index is 13.4. The summed E-state index contributed by atoms with van der Waals surface area (Å²) in [5.74, 6) is -0.216. The molecule has 0 spiro atoms. The molecule has 2 fully saturated rings. The van der Waals surface area contributed by atoms with E-state index in [-0.39, 0.29) is 29.5 Å². The number of hydrogen-bond acceptors (Lipinski definition) is 6. The van der Waals surface area contributed by atoms with Crippen molar-refractivity contribution >= 4 is 45.0 Å². The predicted octanol–water partition coefficient (Wildman–Crippen LogP) is 4.61. The summed E-state index contributed by atoms with van der Waals surface area (Å²) in [7, 11) is 0. The molecule has 0 saturated carbocycles. The fourth-order valence-electron chi connectivity index (χ4n) is 5.78. The Morgan fingerprint density at radius 2 is 1.79 bits per heavy atom. The van der Waals surface area contributed by atoms with Crippen molar-refractivity contribution in [3.63, 3.8) is 0 Å². The minimum absolute atomic E-state index is 0.0208. The molecule has 6 rings (SSSR count). The quantitative estimate of drug-likeness (QED) is 0.310. The highest BCUT2D eigenvalue weighted by Gasteiger charge is 2.32. The van der Waals surface area contributed by atoms with E-state index in [1.807, 2.05) is 35.4 Å². The SMILES string of the molecule is O=C(NC1CCCN(Cc2cn(C3CCCN(c4ccc(Br)cc4)C3=O)nn2)C1)c1ccc(=O)n(-c2cccc(Cl)c2)c1. The summed E-state index contributed by atoms with van der Waals surface area (Å²) in [4.78, 5) is 43.1. The van der Waals surface area contributed by atoms with Gasteiger partial charge in [-0.05, 0) is 80.8 Å². The zero-order valence-electron chi connectivity index (χ0n) is 23.4. The van der Waals surface area contributed by atoms with Crippen molar-refractivity contribution < 1.29 is 9.59 Å². The number of carbonyl (C=O) groups is 2. The van der Waals surface area contributed by atoms with Crippen molar-refractivity contribution in [1.29, 1.82) is 0 Å². The van der Waals surface area contributed by atoms with Crippen molar-refractivity contribution in [2.75, 3.05) is 24.5 Å². The van der Waals surface area contributed by atoms with E-state index < -0.39 is 0 Å². The van der Waals surface area contributed by atoms with E-state index in [1.165, 1.54) is 10.6 Å². The predicted molar refractivity (Wildman–Crippen MR) is 168 cm³/mol. The van der Waals surface area contributed by atoms with Gasteiger partial charge in [-0.3, -0.25) is 23.9 Å². The van der Waals surface area contributed by atoms with Gasteiger partial charge in [0.05, 0.1) is 23.1 Å². The minimum atomic E-state index is -0.387. The minimum Gasteiger partial charge on any atom is -0.348 e. The Balaban J connectivity index is 1.08. The number of halogens is 2. The van der Waals surface area contributed by atoms with Crippen molar-refractivity contribution in [2.45, 2.75) is 44.3 Å². The number of benzene rings is 2. The summed E-state index contributed by atoms with van der Waals surface area (Å²) in [6, 6.07) is 17.2. The lowest BCUT2D eigenvalue weighted by Crippen LogP contribution is -2.47. The molecule has 1 N–H and O–H groups in total. The van der Waals surface area contributed by atoms with Gasteiger partial charge < -0.3 is 10.2 Å². The molecule has 4 heterocycles. The van der Waals surface area contributed by atoms with Crippen LogP contribution in [0.2, 0.25) is 5.02 Å². The molecule has 2 saturated heterocycles. The van der Waals surface area contributed by atoms with Crippen LogP contribution >= 0.6 is 27.5 Å². The van der Waals surface area contributed by atoms with Gasteiger partial charge in [0, 0.05) is 53.1 Å². The van der Waals surface area contributed by atoms with Crippen molar-refractivity contribution in [2.24, 2.45) is 0 Å². The Labute approximate surface area is 262 Å². The van der Waals surface area contributed by atoms with Crippen LogP contribution in [0.4, 0.5) is 5.69 Å². The first-order valence-electron chi connectivity index (χ1n) is 14.3. The average Bonchev–Trinajstić information content (AvgIpc) is 3.46. The fourth-order valence-corrected chi connectivity index (χ4v) is 6.23. The summed E-state index contributed by atoms with van der Waals surface area (Å²) in [6.45, 7) is 2.79. The van der Waals surface area contributed by atoms with Gasteiger partial charge in [-0.15, -0.1) is 5.10 Å². The summed E-state index contributed by atoms with van der Waals surface area (Å²) in [5.41, 5.74) is 2.41. The van der Waals surface area contributed by atoms with Crippen LogP contribution in [0.25, 0.3) is 5.69 Å². The Hall–Kier alpha value is -3.80. The number of pyridine rings is 1. The second-order valence-electron chi connectivity index (χ2n) is 11.0. The van der Waals surface area contributed by atoms with Crippen LogP contribution in [0.1, 0.15) is 47.8 Å². The van der Waals surface area contributed by atoms with Crippen molar-refractivity contribution in [3.8, 4) is 5.69 Å². The van der Waals surface area contributed by atoms with Crippen LogP contribution in [-0.4, -0.2) is 62.0 Å². The Bertz CT molecular complexity index is 1690. The molecule has 2 aromatic heterocycles. The normalized spacial score (nSPS) is 19.4. The number of nitrogens with one attached hydrogen (secondary N) is 1. The number of aromatic nitrogens is 4. The van der Waals surface area contributed by atoms with Gasteiger partial charge in [-0.1, -0.05) is 38.8 Å². The maximum absolute atomic E-state index is 13.4. The van der Waals surface area contributed by atoms with Crippen LogP contribution in [0.3, 0.4) is 0 Å². The molecule has 2 aliphatic heterocycles. The molecule has 0 aliphatic carbocycles. The van der Waals surface area contributed by atoms with Crippen LogP contribution < -0.4 is 15.8 Å². The Morgan fingerprint density at radius 1 is 0.977 bits per heavy atom. The first-order chi connectivity index (χ1) is 20.8. The Morgan fingerprint density at radius 3 is 2.60 bits per heavy atom. The third-order valence-corrected chi connectivity index (χ3v) is 8.68. The number of nitrogens with zero attached hydrogens (tertiary/aromatic N) is 6. The highest BCUT2D eigenvalue weighted by molar-refractivity contribution is 9.10.